The number of nitrogens with zero attached hydrogens (tertiary/aromatic N) is 3. The number of nitrogens with one attached hydrogen (secondary N) is 1. The lowest BCUT2D eigenvalue weighted by atomic mass is 9.93. The molecule has 0 atom stereocenters. The van der Waals surface area contributed by atoms with E-state index in [1.54, 1.807) is 0 Å². The van der Waals surface area contributed by atoms with Gasteiger partial charge in [0.05, 0.1) is 0 Å². The Morgan fingerprint density at radius 1 is 1.17 bits per heavy atom. The number of benzene rings is 1. The Bertz CT molecular complexity index is 705. The highest BCUT2D eigenvalue weighted by Crippen LogP contribution is 2.53. The molecule has 1 saturated heterocycles. The summed E-state index contributed by atoms with van der Waals surface area (Å²) in [6, 6.07) is 7.65. The van der Waals surface area contributed by atoms with E-state index in [1.807, 2.05) is 36.1 Å². The predicted octanol–water partition coefficient (Wildman–Crippen LogP) is 3.05. The van der Waals surface area contributed by atoms with E-state index >= 15 is 0 Å². The number of piperidine rings is 1. The van der Waals surface area contributed by atoms with Crippen LogP contribution in [0.15, 0.2) is 24.3 Å². The van der Waals surface area contributed by atoms with Crippen molar-refractivity contribution in [2.75, 3.05) is 13.1 Å². The molecule has 1 saturated carbocycles. The molecule has 2 heterocycles. The SMILES string of the molecule is CCc1nc(-c2ccc(C(=O)N3CCC4(CC3)CC4)cc2)n[nH]1. The summed E-state index contributed by atoms with van der Waals surface area (Å²) in [5, 5.41) is 7.13. The largest absolute Gasteiger partial charge is 0.339 e. The van der Waals surface area contributed by atoms with Gasteiger partial charge < -0.3 is 4.90 Å². The molecule has 1 amide bonds. The van der Waals surface area contributed by atoms with Gasteiger partial charge in [-0.3, -0.25) is 9.89 Å². The van der Waals surface area contributed by atoms with E-state index in [2.05, 4.69) is 15.2 Å². The number of H-pyrrole nitrogens is 1. The van der Waals surface area contributed by atoms with Crippen LogP contribution in [0.25, 0.3) is 11.4 Å². The van der Waals surface area contributed by atoms with Crippen molar-refractivity contribution in [2.45, 2.75) is 39.0 Å². The van der Waals surface area contributed by atoms with Crippen LogP contribution in [0.3, 0.4) is 0 Å². The molecule has 1 aliphatic heterocycles. The van der Waals surface area contributed by atoms with Gasteiger partial charge in [-0.2, -0.15) is 5.10 Å². The second kappa shape index (κ2) is 5.48. The van der Waals surface area contributed by atoms with Crippen LogP contribution in [0, 0.1) is 5.41 Å². The van der Waals surface area contributed by atoms with E-state index in [4.69, 9.17) is 0 Å². The van der Waals surface area contributed by atoms with Crippen molar-refractivity contribution < 1.29 is 4.79 Å². The summed E-state index contributed by atoms with van der Waals surface area (Å²) >= 11 is 0. The maximum Gasteiger partial charge on any atom is 0.253 e. The van der Waals surface area contributed by atoms with E-state index in [0.717, 1.165) is 36.5 Å². The van der Waals surface area contributed by atoms with E-state index in [1.165, 1.54) is 25.7 Å². The summed E-state index contributed by atoms with van der Waals surface area (Å²) in [5.41, 5.74) is 2.29. The fourth-order valence-electron chi connectivity index (χ4n) is 3.39. The fraction of sp³-hybridized carbons (Fsp3) is 0.500. The molecule has 23 heavy (non-hydrogen) atoms. The summed E-state index contributed by atoms with van der Waals surface area (Å²) in [5.74, 6) is 1.72. The normalized spacial score (nSPS) is 19.1. The number of amides is 1. The molecule has 1 aliphatic carbocycles. The smallest absolute Gasteiger partial charge is 0.253 e. The Morgan fingerprint density at radius 2 is 1.87 bits per heavy atom. The Hall–Kier alpha value is -2.17. The number of aromatic nitrogens is 3. The molecule has 120 valence electrons. The first-order valence-corrected chi connectivity index (χ1v) is 8.50. The van der Waals surface area contributed by atoms with E-state index in [0.29, 0.717) is 11.2 Å². The van der Waals surface area contributed by atoms with Gasteiger partial charge in [0.1, 0.15) is 5.82 Å². The Balaban J connectivity index is 1.46. The molecule has 4 rings (SSSR count). The highest BCUT2D eigenvalue weighted by molar-refractivity contribution is 5.94. The van der Waals surface area contributed by atoms with Crippen LogP contribution in [0.2, 0.25) is 0 Å². The monoisotopic (exact) mass is 310 g/mol. The van der Waals surface area contributed by atoms with Crippen LogP contribution in [-0.4, -0.2) is 39.1 Å². The molecular formula is C18H22N4O. The zero-order valence-corrected chi connectivity index (χ0v) is 13.5. The van der Waals surface area contributed by atoms with Gasteiger partial charge in [-0.15, -0.1) is 0 Å². The van der Waals surface area contributed by atoms with Crippen molar-refractivity contribution in [3.05, 3.63) is 35.7 Å². The first-order valence-electron chi connectivity index (χ1n) is 8.50. The fourth-order valence-corrected chi connectivity index (χ4v) is 3.39. The number of aromatic amines is 1. The van der Waals surface area contributed by atoms with Crippen molar-refractivity contribution in [3.8, 4) is 11.4 Å². The molecule has 1 aromatic carbocycles. The van der Waals surface area contributed by atoms with Gasteiger partial charge in [0.15, 0.2) is 5.82 Å². The molecule has 2 aromatic rings. The lowest BCUT2D eigenvalue weighted by molar-refractivity contribution is 0.0678. The van der Waals surface area contributed by atoms with Gasteiger partial charge in [-0.05, 0) is 43.2 Å². The average Bonchev–Trinajstić information content (AvgIpc) is 3.18. The minimum absolute atomic E-state index is 0.149. The van der Waals surface area contributed by atoms with Gasteiger partial charge in [-0.1, -0.05) is 19.1 Å². The first kappa shape index (κ1) is 14.4. The predicted molar refractivity (Wildman–Crippen MR) is 88.0 cm³/mol. The molecule has 5 heteroatoms. The van der Waals surface area contributed by atoms with Crippen LogP contribution in [0.1, 0.15) is 48.8 Å². The van der Waals surface area contributed by atoms with Gasteiger partial charge >= 0.3 is 0 Å². The summed E-state index contributed by atoms with van der Waals surface area (Å²) < 4.78 is 0. The molecule has 2 fully saturated rings. The highest BCUT2D eigenvalue weighted by Gasteiger charge is 2.45. The topological polar surface area (TPSA) is 61.9 Å². The van der Waals surface area contributed by atoms with Gasteiger partial charge in [0, 0.05) is 30.6 Å². The van der Waals surface area contributed by atoms with E-state index < -0.39 is 0 Å². The van der Waals surface area contributed by atoms with Crippen molar-refractivity contribution in [1.82, 2.24) is 20.1 Å². The molecule has 0 unspecified atom stereocenters. The summed E-state index contributed by atoms with van der Waals surface area (Å²) in [6.07, 6.45) is 5.90. The maximum absolute atomic E-state index is 12.6. The lowest BCUT2D eigenvalue weighted by Gasteiger charge is -2.32. The number of carbonyl (C=O) groups is 1. The third kappa shape index (κ3) is 2.76. The highest BCUT2D eigenvalue weighted by atomic mass is 16.2. The van der Waals surface area contributed by atoms with Crippen molar-refractivity contribution in [1.29, 1.82) is 0 Å². The number of aryl methyl sites for hydroxylation is 1. The van der Waals surface area contributed by atoms with Crippen molar-refractivity contribution >= 4 is 5.91 Å². The molecule has 5 nitrogen and oxygen atoms in total. The third-order valence-corrected chi connectivity index (χ3v) is 5.33. The molecule has 1 aromatic heterocycles. The van der Waals surface area contributed by atoms with Crippen LogP contribution in [0.5, 0.6) is 0 Å². The zero-order valence-electron chi connectivity index (χ0n) is 13.5. The number of likely N-dealkylation sites (tertiary alicyclic amines) is 1. The Labute approximate surface area is 136 Å². The number of hydrogen-bond acceptors (Lipinski definition) is 3. The zero-order chi connectivity index (χ0) is 15.9. The van der Waals surface area contributed by atoms with Crippen LogP contribution < -0.4 is 0 Å². The van der Waals surface area contributed by atoms with Gasteiger partial charge in [0.2, 0.25) is 0 Å². The lowest BCUT2D eigenvalue weighted by Crippen LogP contribution is -2.39. The summed E-state index contributed by atoms with van der Waals surface area (Å²) in [4.78, 5) is 19.0. The first-order chi connectivity index (χ1) is 11.2. The molecule has 1 N–H and O–H groups in total. The molecule has 1 spiro atoms. The average molecular weight is 310 g/mol. The standard InChI is InChI=1S/C18H22N4O/c1-2-15-19-16(21-20-15)13-3-5-14(6-4-13)17(23)22-11-9-18(7-8-18)10-12-22/h3-6H,2,7-12H2,1H3,(H,19,20,21). The van der Waals surface area contributed by atoms with Crippen LogP contribution in [0.4, 0.5) is 0 Å². The molecule has 0 bridgehead atoms. The summed E-state index contributed by atoms with van der Waals surface area (Å²) in [7, 11) is 0. The minimum atomic E-state index is 0.149. The second-order valence-electron chi connectivity index (χ2n) is 6.83. The summed E-state index contributed by atoms with van der Waals surface area (Å²) in [6.45, 7) is 3.85. The van der Waals surface area contributed by atoms with Crippen LogP contribution in [-0.2, 0) is 6.42 Å². The van der Waals surface area contributed by atoms with Crippen LogP contribution >= 0.6 is 0 Å². The van der Waals surface area contributed by atoms with Gasteiger partial charge in [-0.25, -0.2) is 4.98 Å². The maximum atomic E-state index is 12.6. The van der Waals surface area contributed by atoms with Crippen molar-refractivity contribution in [3.63, 3.8) is 0 Å². The number of hydrogen-bond donors (Lipinski definition) is 1. The molecular weight excluding hydrogens is 288 g/mol. The van der Waals surface area contributed by atoms with E-state index in [-0.39, 0.29) is 5.91 Å². The minimum Gasteiger partial charge on any atom is -0.339 e. The second-order valence-corrected chi connectivity index (χ2v) is 6.83. The molecule has 2 aliphatic rings. The number of rotatable bonds is 3. The van der Waals surface area contributed by atoms with Crippen molar-refractivity contribution in [2.24, 2.45) is 5.41 Å². The Kier molecular flexibility index (Phi) is 3.43. The Morgan fingerprint density at radius 3 is 2.43 bits per heavy atom. The number of carbonyl (C=O) groups excluding carboxylic acids is 1. The third-order valence-electron chi connectivity index (χ3n) is 5.33. The molecule has 0 radical (unpaired) electrons. The quantitative estimate of drug-likeness (QED) is 0.948. The van der Waals surface area contributed by atoms with Gasteiger partial charge in [0.25, 0.3) is 5.91 Å². The van der Waals surface area contributed by atoms with E-state index in [9.17, 15) is 4.79 Å².